The van der Waals surface area contributed by atoms with Crippen molar-refractivity contribution in [1.82, 2.24) is 14.8 Å². The van der Waals surface area contributed by atoms with Gasteiger partial charge in [-0.05, 0) is 35.9 Å². The van der Waals surface area contributed by atoms with Crippen LogP contribution in [0.3, 0.4) is 0 Å². The molecule has 0 bridgehead atoms. The number of hydrogen-bond acceptors (Lipinski definition) is 6. The SMILES string of the molecule is C=CN1C(=O)N(c2cc(Cl)cc(Cl)c2)C(=O)[C@]12CN(Cc1nccs1)C[C@H]2c1ccc(C#N)cc1. The van der Waals surface area contributed by atoms with E-state index in [1.165, 1.54) is 22.4 Å². The summed E-state index contributed by atoms with van der Waals surface area (Å²) >= 11 is 13.9. The molecule has 5 rings (SSSR count). The van der Waals surface area contributed by atoms with Gasteiger partial charge in [-0.25, -0.2) is 14.7 Å². The molecule has 3 aromatic rings. The van der Waals surface area contributed by atoms with E-state index in [9.17, 15) is 14.9 Å². The molecule has 0 N–H and O–H groups in total. The van der Waals surface area contributed by atoms with Crippen LogP contribution in [0.15, 0.2) is 66.8 Å². The number of thiazole rings is 1. The van der Waals surface area contributed by atoms with Crippen molar-refractivity contribution in [2.45, 2.75) is 18.0 Å². The molecule has 10 heteroatoms. The minimum atomic E-state index is -1.24. The van der Waals surface area contributed by atoms with Crippen LogP contribution < -0.4 is 4.90 Å². The topological polar surface area (TPSA) is 80.5 Å². The fourth-order valence-corrected chi connectivity index (χ4v) is 6.17. The van der Waals surface area contributed by atoms with Crippen LogP contribution in [-0.4, -0.2) is 45.4 Å². The molecule has 2 aromatic carbocycles. The third-order valence-corrected chi connectivity index (χ3v) is 7.66. The molecule has 3 heterocycles. The number of carbonyl (C=O) groups excluding carboxylic acids is 2. The lowest BCUT2D eigenvalue weighted by Crippen LogP contribution is -2.53. The van der Waals surface area contributed by atoms with Gasteiger partial charge in [-0.3, -0.25) is 14.6 Å². The number of nitrogens with zero attached hydrogens (tertiary/aromatic N) is 5. The molecular formula is C25H19Cl2N5O2S. The summed E-state index contributed by atoms with van der Waals surface area (Å²) in [5.41, 5.74) is 0.437. The first-order chi connectivity index (χ1) is 16.9. The van der Waals surface area contributed by atoms with Gasteiger partial charge in [-0.2, -0.15) is 5.26 Å². The van der Waals surface area contributed by atoms with Crippen LogP contribution in [0.25, 0.3) is 0 Å². The van der Waals surface area contributed by atoms with Crippen molar-refractivity contribution < 1.29 is 9.59 Å². The Hall–Kier alpha value is -3.22. The van der Waals surface area contributed by atoms with Gasteiger partial charge in [0.25, 0.3) is 5.91 Å². The number of halogens is 2. The Kier molecular flexibility index (Phi) is 6.11. The van der Waals surface area contributed by atoms with Gasteiger partial charge in [0.05, 0.1) is 23.9 Å². The van der Waals surface area contributed by atoms with Crippen LogP contribution in [-0.2, 0) is 11.3 Å². The summed E-state index contributed by atoms with van der Waals surface area (Å²) in [6, 6.07) is 13.4. The molecule has 2 fully saturated rings. The van der Waals surface area contributed by atoms with Gasteiger partial charge in [-0.15, -0.1) is 11.3 Å². The van der Waals surface area contributed by atoms with Crippen LogP contribution in [0.4, 0.5) is 10.5 Å². The van der Waals surface area contributed by atoms with Crippen molar-refractivity contribution in [3.8, 4) is 6.07 Å². The Labute approximate surface area is 216 Å². The van der Waals surface area contributed by atoms with E-state index in [4.69, 9.17) is 23.2 Å². The summed E-state index contributed by atoms with van der Waals surface area (Å²) in [6.45, 7) is 5.21. The van der Waals surface area contributed by atoms with Gasteiger partial charge < -0.3 is 0 Å². The summed E-state index contributed by atoms with van der Waals surface area (Å²) in [5.74, 6) is -0.749. The highest BCUT2D eigenvalue weighted by Crippen LogP contribution is 2.47. The highest BCUT2D eigenvalue weighted by molar-refractivity contribution is 7.09. The number of rotatable bonds is 5. The molecular weight excluding hydrogens is 505 g/mol. The van der Waals surface area contributed by atoms with Gasteiger partial charge in [-0.1, -0.05) is 41.9 Å². The second-order valence-electron chi connectivity index (χ2n) is 8.41. The average Bonchev–Trinajstić information content (AvgIpc) is 3.52. The zero-order valence-corrected chi connectivity index (χ0v) is 20.7. The molecule has 7 nitrogen and oxygen atoms in total. The quantitative estimate of drug-likeness (QED) is 0.425. The number of anilines is 1. The normalized spacial score (nSPS) is 22.3. The summed E-state index contributed by atoms with van der Waals surface area (Å²) in [5, 5.41) is 12.7. The predicted octanol–water partition coefficient (Wildman–Crippen LogP) is 5.27. The van der Waals surface area contributed by atoms with E-state index in [2.05, 4.69) is 22.5 Å². The number of urea groups is 1. The van der Waals surface area contributed by atoms with E-state index >= 15 is 0 Å². The standard InChI is InChI=1S/C25H19Cl2N5O2S/c1-2-31-24(34)32(20-10-18(26)9-19(27)11-20)23(33)25(31)15-30(14-22-29-7-8-35-22)13-21(25)17-5-3-16(12-28)4-6-17/h2-11,21H,1,13-15H2/t21-,25+/m0/s1. The van der Waals surface area contributed by atoms with Crippen molar-refractivity contribution in [3.05, 3.63) is 93.0 Å². The Bertz CT molecular complexity index is 1330. The largest absolute Gasteiger partial charge is 0.336 e. The number of aromatic nitrogens is 1. The average molecular weight is 524 g/mol. The van der Waals surface area contributed by atoms with Crippen LogP contribution in [0.2, 0.25) is 10.0 Å². The molecule has 1 spiro atoms. The maximum atomic E-state index is 14.2. The lowest BCUT2D eigenvalue weighted by Gasteiger charge is -2.34. The summed E-state index contributed by atoms with van der Waals surface area (Å²) in [4.78, 5) is 36.9. The first kappa shape index (κ1) is 23.5. The fraction of sp³-hybridized carbons (Fsp3) is 0.200. The number of benzene rings is 2. The van der Waals surface area contributed by atoms with Crippen molar-refractivity contribution >= 4 is 52.2 Å². The predicted molar refractivity (Wildman–Crippen MR) is 135 cm³/mol. The molecule has 1 aromatic heterocycles. The minimum Gasteiger partial charge on any atom is -0.293 e. The highest BCUT2D eigenvalue weighted by Gasteiger charge is 2.65. The maximum Gasteiger partial charge on any atom is 0.336 e. The molecule has 2 atom stereocenters. The molecule has 35 heavy (non-hydrogen) atoms. The van der Waals surface area contributed by atoms with Crippen LogP contribution >= 0.6 is 34.5 Å². The Morgan fingerprint density at radius 1 is 1.20 bits per heavy atom. The van der Waals surface area contributed by atoms with Crippen LogP contribution in [0.5, 0.6) is 0 Å². The van der Waals surface area contributed by atoms with E-state index < -0.39 is 11.6 Å². The van der Waals surface area contributed by atoms with Gasteiger partial charge >= 0.3 is 6.03 Å². The van der Waals surface area contributed by atoms with Crippen molar-refractivity contribution in [2.24, 2.45) is 0 Å². The van der Waals surface area contributed by atoms with Crippen molar-refractivity contribution in [1.29, 1.82) is 5.26 Å². The zero-order valence-electron chi connectivity index (χ0n) is 18.4. The first-order valence-corrected chi connectivity index (χ1v) is 12.4. The van der Waals surface area contributed by atoms with Crippen molar-refractivity contribution in [3.63, 3.8) is 0 Å². The van der Waals surface area contributed by atoms with Gasteiger partial charge in [0, 0.05) is 46.8 Å². The van der Waals surface area contributed by atoms with E-state index in [0.29, 0.717) is 40.9 Å². The number of likely N-dealkylation sites (tertiary alicyclic amines) is 1. The molecule has 3 amide bonds. The van der Waals surface area contributed by atoms with Crippen LogP contribution in [0, 0.1) is 11.3 Å². The molecule has 2 aliphatic rings. The second kappa shape index (κ2) is 9.10. The molecule has 0 unspecified atom stereocenters. The number of imide groups is 1. The smallest absolute Gasteiger partial charge is 0.293 e. The number of amides is 3. The van der Waals surface area contributed by atoms with E-state index in [1.807, 2.05) is 17.5 Å². The Morgan fingerprint density at radius 2 is 1.91 bits per heavy atom. The number of hydrogen-bond donors (Lipinski definition) is 0. The Morgan fingerprint density at radius 3 is 2.51 bits per heavy atom. The van der Waals surface area contributed by atoms with E-state index in [1.54, 1.807) is 36.5 Å². The number of carbonyl (C=O) groups is 2. The molecule has 0 radical (unpaired) electrons. The molecule has 2 aliphatic heterocycles. The first-order valence-electron chi connectivity index (χ1n) is 10.7. The number of nitriles is 1. The van der Waals surface area contributed by atoms with Gasteiger partial charge in [0.1, 0.15) is 10.5 Å². The van der Waals surface area contributed by atoms with Crippen LogP contribution in [0.1, 0.15) is 22.1 Å². The third kappa shape index (κ3) is 3.91. The summed E-state index contributed by atoms with van der Waals surface area (Å²) in [7, 11) is 0. The fourth-order valence-electron chi connectivity index (χ4n) is 5.00. The molecule has 176 valence electrons. The van der Waals surface area contributed by atoms with Gasteiger partial charge in [0.2, 0.25) is 0 Å². The maximum absolute atomic E-state index is 14.2. The zero-order chi connectivity index (χ0) is 24.7. The summed E-state index contributed by atoms with van der Waals surface area (Å²) < 4.78 is 0. The summed E-state index contributed by atoms with van der Waals surface area (Å²) in [6.07, 6.45) is 3.16. The lowest BCUT2D eigenvalue weighted by molar-refractivity contribution is -0.124. The lowest BCUT2D eigenvalue weighted by atomic mass is 9.80. The second-order valence-corrected chi connectivity index (χ2v) is 10.3. The van der Waals surface area contributed by atoms with E-state index in [-0.39, 0.29) is 11.8 Å². The molecule has 0 saturated carbocycles. The molecule has 0 aliphatic carbocycles. The van der Waals surface area contributed by atoms with Gasteiger partial charge in [0.15, 0.2) is 0 Å². The monoisotopic (exact) mass is 523 g/mol. The Balaban J connectivity index is 1.62. The third-order valence-electron chi connectivity index (χ3n) is 6.46. The van der Waals surface area contributed by atoms with Crippen molar-refractivity contribution in [2.75, 3.05) is 18.0 Å². The van der Waals surface area contributed by atoms with E-state index in [0.717, 1.165) is 15.5 Å². The minimum absolute atomic E-state index is 0.290. The highest BCUT2D eigenvalue weighted by atomic mass is 35.5. The molecule has 2 saturated heterocycles.